The molecule has 3 aromatic rings. The summed E-state index contributed by atoms with van der Waals surface area (Å²) in [5, 5.41) is 1.50. The molecule has 0 saturated heterocycles. The second-order valence-corrected chi connectivity index (χ2v) is 5.16. The summed E-state index contributed by atoms with van der Waals surface area (Å²) in [5.41, 5.74) is 2.82. The normalized spacial score (nSPS) is 10.6. The summed E-state index contributed by atoms with van der Waals surface area (Å²) in [4.78, 5) is 24.4. The first-order valence-corrected chi connectivity index (χ1v) is 6.97. The standard InChI is InChI=1S/C16H12ClN3O2/c1-22-16(21)10-2-3-18-13(5-10)7-14-6-11-4-12(17)8-20-15(11)9-19-14/h2-6,8-9H,7H2,1H3. The van der Waals surface area contributed by atoms with Crippen molar-refractivity contribution in [1.82, 2.24) is 15.0 Å². The van der Waals surface area contributed by atoms with E-state index in [1.54, 1.807) is 30.7 Å². The van der Waals surface area contributed by atoms with Gasteiger partial charge in [-0.15, -0.1) is 0 Å². The molecule has 0 fully saturated rings. The quantitative estimate of drug-likeness (QED) is 0.695. The van der Waals surface area contributed by atoms with Gasteiger partial charge in [0.15, 0.2) is 0 Å². The average molecular weight is 314 g/mol. The molecule has 0 radical (unpaired) electrons. The number of carbonyl (C=O) groups excluding carboxylic acids is 1. The van der Waals surface area contributed by atoms with E-state index < -0.39 is 0 Å². The van der Waals surface area contributed by atoms with Crippen LogP contribution in [0.3, 0.4) is 0 Å². The summed E-state index contributed by atoms with van der Waals surface area (Å²) in [6.07, 6.45) is 5.38. The lowest BCUT2D eigenvalue weighted by molar-refractivity contribution is 0.0600. The zero-order chi connectivity index (χ0) is 15.5. The number of hydrogen-bond donors (Lipinski definition) is 0. The number of fused-ring (bicyclic) bond motifs is 1. The third-order valence-corrected chi connectivity index (χ3v) is 3.40. The predicted molar refractivity (Wildman–Crippen MR) is 82.9 cm³/mol. The molecule has 0 aromatic carbocycles. The third kappa shape index (κ3) is 3.04. The summed E-state index contributed by atoms with van der Waals surface area (Å²) >= 11 is 5.96. The summed E-state index contributed by atoms with van der Waals surface area (Å²) in [6.45, 7) is 0. The number of esters is 1. The van der Waals surface area contributed by atoms with Crippen LogP contribution in [0.25, 0.3) is 10.9 Å². The summed E-state index contributed by atoms with van der Waals surface area (Å²) in [7, 11) is 1.35. The Kier molecular flexibility index (Phi) is 3.98. The van der Waals surface area contributed by atoms with Gasteiger partial charge in [-0.2, -0.15) is 0 Å². The highest BCUT2D eigenvalue weighted by Crippen LogP contribution is 2.18. The molecule has 0 aliphatic heterocycles. The maximum Gasteiger partial charge on any atom is 0.337 e. The number of rotatable bonds is 3. The fourth-order valence-electron chi connectivity index (χ4n) is 2.15. The predicted octanol–water partition coefficient (Wildman–Crippen LogP) is 3.06. The van der Waals surface area contributed by atoms with E-state index in [2.05, 4.69) is 15.0 Å². The van der Waals surface area contributed by atoms with Crippen LogP contribution in [0.5, 0.6) is 0 Å². The van der Waals surface area contributed by atoms with Crippen molar-refractivity contribution in [2.24, 2.45) is 0 Å². The molecule has 0 N–H and O–H groups in total. The average Bonchev–Trinajstić information content (AvgIpc) is 2.54. The monoisotopic (exact) mass is 313 g/mol. The Bertz CT molecular complexity index is 852. The van der Waals surface area contributed by atoms with Gasteiger partial charge in [0.2, 0.25) is 0 Å². The maximum atomic E-state index is 11.5. The number of methoxy groups -OCH3 is 1. The Balaban J connectivity index is 1.91. The molecule has 3 aromatic heterocycles. The van der Waals surface area contributed by atoms with Crippen molar-refractivity contribution in [2.45, 2.75) is 6.42 Å². The van der Waals surface area contributed by atoms with E-state index in [9.17, 15) is 4.79 Å². The molecule has 3 rings (SSSR count). The van der Waals surface area contributed by atoms with E-state index >= 15 is 0 Å². The van der Waals surface area contributed by atoms with Gasteiger partial charge in [0.05, 0.1) is 29.4 Å². The fourth-order valence-corrected chi connectivity index (χ4v) is 2.32. The highest BCUT2D eigenvalue weighted by atomic mass is 35.5. The smallest absolute Gasteiger partial charge is 0.337 e. The fraction of sp³-hybridized carbons (Fsp3) is 0.125. The highest BCUT2D eigenvalue weighted by molar-refractivity contribution is 6.31. The third-order valence-electron chi connectivity index (χ3n) is 3.19. The lowest BCUT2D eigenvalue weighted by Crippen LogP contribution is -2.03. The molecule has 0 aliphatic rings. The van der Waals surface area contributed by atoms with Crippen molar-refractivity contribution < 1.29 is 9.53 Å². The largest absolute Gasteiger partial charge is 0.465 e. The SMILES string of the molecule is COC(=O)c1ccnc(Cc2cc3cc(Cl)cnc3cn2)c1. The minimum Gasteiger partial charge on any atom is -0.465 e. The van der Waals surface area contributed by atoms with Gasteiger partial charge in [-0.25, -0.2) is 4.79 Å². The minimum absolute atomic E-state index is 0.383. The molecule has 0 aliphatic carbocycles. The number of ether oxygens (including phenoxy) is 1. The highest BCUT2D eigenvalue weighted by Gasteiger charge is 2.08. The second kappa shape index (κ2) is 6.07. The Morgan fingerprint density at radius 1 is 1.14 bits per heavy atom. The van der Waals surface area contributed by atoms with Crippen LogP contribution < -0.4 is 0 Å². The van der Waals surface area contributed by atoms with Gasteiger partial charge in [-0.05, 0) is 24.3 Å². The molecule has 0 spiro atoms. The summed E-state index contributed by atoms with van der Waals surface area (Å²) in [5.74, 6) is -0.383. The number of pyridine rings is 3. The summed E-state index contributed by atoms with van der Waals surface area (Å²) < 4.78 is 4.71. The van der Waals surface area contributed by atoms with Crippen LogP contribution in [0.4, 0.5) is 0 Å². The van der Waals surface area contributed by atoms with E-state index in [1.165, 1.54) is 7.11 Å². The van der Waals surface area contributed by atoms with E-state index in [4.69, 9.17) is 16.3 Å². The lowest BCUT2D eigenvalue weighted by atomic mass is 10.1. The minimum atomic E-state index is -0.383. The second-order valence-electron chi connectivity index (χ2n) is 4.73. The van der Waals surface area contributed by atoms with Gasteiger partial charge in [0.1, 0.15) is 0 Å². The Labute approximate surface area is 132 Å². The Morgan fingerprint density at radius 3 is 2.77 bits per heavy atom. The van der Waals surface area contributed by atoms with Crippen molar-refractivity contribution >= 4 is 28.5 Å². The van der Waals surface area contributed by atoms with Gasteiger partial charge < -0.3 is 4.74 Å². The lowest BCUT2D eigenvalue weighted by Gasteiger charge is -2.04. The number of halogens is 1. The molecule has 0 amide bonds. The first-order valence-electron chi connectivity index (χ1n) is 6.59. The molecule has 0 saturated carbocycles. The van der Waals surface area contributed by atoms with Crippen molar-refractivity contribution in [3.63, 3.8) is 0 Å². The van der Waals surface area contributed by atoms with Gasteiger partial charge in [0.25, 0.3) is 0 Å². The molecule has 110 valence electrons. The van der Waals surface area contributed by atoms with Crippen molar-refractivity contribution in [1.29, 1.82) is 0 Å². The zero-order valence-electron chi connectivity index (χ0n) is 11.8. The van der Waals surface area contributed by atoms with E-state index in [0.29, 0.717) is 17.0 Å². The van der Waals surface area contributed by atoms with Gasteiger partial charge in [-0.3, -0.25) is 15.0 Å². The molecule has 0 atom stereocenters. The van der Waals surface area contributed by atoms with Gasteiger partial charge in [0, 0.05) is 35.6 Å². The van der Waals surface area contributed by atoms with Crippen LogP contribution in [0.15, 0.2) is 42.9 Å². The van der Waals surface area contributed by atoms with E-state index in [1.807, 2.05) is 12.1 Å². The van der Waals surface area contributed by atoms with Crippen LogP contribution in [-0.4, -0.2) is 28.0 Å². The summed E-state index contributed by atoms with van der Waals surface area (Å²) in [6, 6.07) is 7.08. The number of carbonyl (C=O) groups is 1. The van der Waals surface area contributed by atoms with Crippen molar-refractivity contribution in [2.75, 3.05) is 7.11 Å². The van der Waals surface area contributed by atoms with E-state index in [-0.39, 0.29) is 5.97 Å². The van der Waals surface area contributed by atoms with Crippen LogP contribution in [0, 0.1) is 0 Å². The van der Waals surface area contributed by atoms with Crippen LogP contribution in [0.2, 0.25) is 5.02 Å². The molecular formula is C16H12ClN3O2. The Hall–Kier alpha value is -2.53. The van der Waals surface area contributed by atoms with Gasteiger partial charge >= 0.3 is 5.97 Å². The van der Waals surface area contributed by atoms with E-state index in [0.717, 1.165) is 22.3 Å². The van der Waals surface area contributed by atoms with Crippen LogP contribution in [-0.2, 0) is 11.2 Å². The molecule has 22 heavy (non-hydrogen) atoms. The van der Waals surface area contributed by atoms with Gasteiger partial charge in [-0.1, -0.05) is 11.6 Å². The molecule has 0 bridgehead atoms. The number of aromatic nitrogens is 3. The van der Waals surface area contributed by atoms with Crippen LogP contribution >= 0.6 is 11.6 Å². The Morgan fingerprint density at radius 2 is 1.95 bits per heavy atom. The zero-order valence-corrected chi connectivity index (χ0v) is 12.5. The molecule has 3 heterocycles. The topological polar surface area (TPSA) is 65.0 Å². The van der Waals surface area contributed by atoms with Crippen molar-refractivity contribution in [3.05, 3.63) is 64.8 Å². The molecule has 5 nitrogen and oxygen atoms in total. The number of hydrogen-bond acceptors (Lipinski definition) is 5. The molecule has 6 heteroatoms. The molecular weight excluding hydrogens is 302 g/mol. The van der Waals surface area contributed by atoms with Crippen LogP contribution in [0.1, 0.15) is 21.7 Å². The number of nitrogens with zero attached hydrogens (tertiary/aromatic N) is 3. The molecule has 0 unspecified atom stereocenters. The first kappa shape index (κ1) is 14.4. The maximum absolute atomic E-state index is 11.5. The van der Waals surface area contributed by atoms with Crippen molar-refractivity contribution in [3.8, 4) is 0 Å². The first-order chi connectivity index (χ1) is 10.7.